The van der Waals surface area contributed by atoms with Crippen molar-refractivity contribution in [2.24, 2.45) is 11.3 Å². The highest BCUT2D eigenvalue weighted by Crippen LogP contribution is 2.30. The molecule has 1 heterocycles. The van der Waals surface area contributed by atoms with Crippen LogP contribution in [0.5, 0.6) is 0 Å². The quantitative estimate of drug-likeness (QED) is 0.741. The first-order valence-corrected chi connectivity index (χ1v) is 7.63. The van der Waals surface area contributed by atoms with Crippen LogP contribution in [0, 0.1) is 11.3 Å². The van der Waals surface area contributed by atoms with Crippen molar-refractivity contribution < 1.29 is 4.79 Å². The molecule has 3 heteroatoms. The number of hydrogen-bond acceptors (Lipinski definition) is 2. The highest BCUT2D eigenvalue weighted by Gasteiger charge is 2.36. The molecule has 1 amide bonds. The van der Waals surface area contributed by atoms with Gasteiger partial charge in [0.1, 0.15) is 0 Å². The Labute approximate surface area is 111 Å². The van der Waals surface area contributed by atoms with E-state index in [1.807, 2.05) is 0 Å². The summed E-state index contributed by atoms with van der Waals surface area (Å²) in [7, 11) is 0. The van der Waals surface area contributed by atoms with Gasteiger partial charge < -0.3 is 10.6 Å². The van der Waals surface area contributed by atoms with Gasteiger partial charge in [-0.3, -0.25) is 4.79 Å². The Hall–Kier alpha value is -0.570. The average Bonchev–Trinajstić information content (AvgIpc) is 2.56. The summed E-state index contributed by atoms with van der Waals surface area (Å²) in [5, 5.41) is 6.69. The Kier molecular flexibility index (Phi) is 4.66. The van der Waals surface area contributed by atoms with Gasteiger partial charge in [0.05, 0.1) is 0 Å². The SMILES string of the molecule is CC1CCCCCC1NC(=O)C1(C)CCNCC1. The van der Waals surface area contributed by atoms with Crippen LogP contribution in [0.15, 0.2) is 0 Å². The van der Waals surface area contributed by atoms with Gasteiger partial charge in [-0.15, -0.1) is 0 Å². The summed E-state index contributed by atoms with van der Waals surface area (Å²) in [5.74, 6) is 0.935. The van der Waals surface area contributed by atoms with Crippen LogP contribution in [0.2, 0.25) is 0 Å². The van der Waals surface area contributed by atoms with Crippen molar-refractivity contribution >= 4 is 5.91 Å². The maximum Gasteiger partial charge on any atom is 0.226 e. The van der Waals surface area contributed by atoms with Crippen molar-refractivity contribution in [3.05, 3.63) is 0 Å². The second-order valence-corrected chi connectivity index (χ2v) is 6.51. The highest BCUT2D eigenvalue weighted by molar-refractivity contribution is 5.82. The fourth-order valence-electron chi connectivity index (χ4n) is 3.26. The van der Waals surface area contributed by atoms with Crippen LogP contribution in [0.1, 0.15) is 58.8 Å². The van der Waals surface area contributed by atoms with Crippen LogP contribution >= 0.6 is 0 Å². The molecule has 0 spiro atoms. The number of carbonyl (C=O) groups excluding carboxylic acids is 1. The molecule has 2 atom stereocenters. The zero-order valence-electron chi connectivity index (χ0n) is 11.9. The first-order chi connectivity index (χ1) is 8.62. The first-order valence-electron chi connectivity index (χ1n) is 7.63. The van der Waals surface area contributed by atoms with Crippen molar-refractivity contribution in [3.63, 3.8) is 0 Å². The summed E-state index contributed by atoms with van der Waals surface area (Å²) in [6.07, 6.45) is 8.31. The Bertz CT molecular complexity index is 284. The topological polar surface area (TPSA) is 41.1 Å². The molecular weight excluding hydrogens is 224 g/mol. The van der Waals surface area contributed by atoms with Crippen LogP contribution in [0.4, 0.5) is 0 Å². The van der Waals surface area contributed by atoms with E-state index >= 15 is 0 Å². The summed E-state index contributed by atoms with van der Waals surface area (Å²) in [6.45, 7) is 6.37. The third-order valence-corrected chi connectivity index (χ3v) is 4.93. The van der Waals surface area contributed by atoms with Crippen LogP contribution in [-0.4, -0.2) is 25.0 Å². The van der Waals surface area contributed by atoms with Crippen molar-refractivity contribution in [2.45, 2.75) is 64.8 Å². The summed E-state index contributed by atoms with van der Waals surface area (Å²) in [5.41, 5.74) is -0.142. The number of nitrogens with one attached hydrogen (secondary N) is 2. The molecule has 1 saturated heterocycles. The number of hydrogen-bond donors (Lipinski definition) is 2. The van der Waals surface area contributed by atoms with E-state index in [2.05, 4.69) is 24.5 Å². The number of piperidine rings is 1. The van der Waals surface area contributed by atoms with Gasteiger partial charge in [-0.2, -0.15) is 0 Å². The van der Waals surface area contributed by atoms with Crippen LogP contribution in [0.25, 0.3) is 0 Å². The Balaban J connectivity index is 1.92. The Morgan fingerprint density at radius 2 is 1.83 bits per heavy atom. The average molecular weight is 252 g/mol. The molecule has 1 aliphatic heterocycles. The molecule has 1 aliphatic carbocycles. The molecule has 0 aromatic heterocycles. The van der Waals surface area contributed by atoms with Gasteiger partial charge in [0.25, 0.3) is 0 Å². The van der Waals surface area contributed by atoms with E-state index in [4.69, 9.17) is 0 Å². The van der Waals surface area contributed by atoms with Crippen molar-refractivity contribution in [1.82, 2.24) is 10.6 Å². The summed E-state index contributed by atoms with van der Waals surface area (Å²) in [4.78, 5) is 12.5. The fourth-order valence-corrected chi connectivity index (χ4v) is 3.26. The van der Waals surface area contributed by atoms with E-state index < -0.39 is 0 Å². The van der Waals surface area contributed by atoms with E-state index in [-0.39, 0.29) is 5.41 Å². The van der Waals surface area contributed by atoms with E-state index in [0.29, 0.717) is 17.9 Å². The zero-order chi connectivity index (χ0) is 13.0. The van der Waals surface area contributed by atoms with Crippen LogP contribution < -0.4 is 10.6 Å². The predicted molar refractivity (Wildman–Crippen MR) is 74.4 cm³/mol. The van der Waals surface area contributed by atoms with E-state index in [1.165, 1.54) is 32.1 Å². The first kappa shape index (κ1) is 13.9. The van der Waals surface area contributed by atoms with E-state index in [1.54, 1.807) is 0 Å². The second-order valence-electron chi connectivity index (χ2n) is 6.51. The highest BCUT2D eigenvalue weighted by atomic mass is 16.2. The lowest BCUT2D eigenvalue weighted by Gasteiger charge is -2.35. The number of amides is 1. The monoisotopic (exact) mass is 252 g/mol. The molecule has 18 heavy (non-hydrogen) atoms. The van der Waals surface area contributed by atoms with E-state index in [0.717, 1.165) is 25.9 Å². The van der Waals surface area contributed by atoms with Crippen LogP contribution in [-0.2, 0) is 4.79 Å². The minimum atomic E-state index is -0.142. The van der Waals surface area contributed by atoms with Gasteiger partial charge in [-0.1, -0.05) is 33.1 Å². The normalized spacial score (nSPS) is 32.6. The molecule has 0 aromatic carbocycles. The molecule has 0 bridgehead atoms. The Morgan fingerprint density at radius 1 is 1.17 bits per heavy atom. The van der Waals surface area contributed by atoms with Crippen LogP contribution in [0.3, 0.4) is 0 Å². The summed E-state index contributed by atoms with van der Waals surface area (Å²) in [6, 6.07) is 0.409. The lowest BCUT2D eigenvalue weighted by atomic mass is 9.79. The molecule has 0 radical (unpaired) electrons. The molecule has 1 saturated carbocycles. The summed E-state index contributed by atoms with van der Waals surface area (Å²) >= 11 is 0. The van der Waals surface area contributed by atoms with Gasteiger partial charge in [-0.25, -0.2) is 0 Å². The standard InChI is InChI=1S/C15H28N2O/c1-12-6-4-3-5-7-13(12)17-14(18)15(2)8-10-16-11-9-15/h12-13,16H,3-11H2,1-2H3,(H,17,18). The molecule has 2 fully saturated rings. The third kappa shape index (κ3) is 3.25. The van der Waals surface area contributed by atoms with Crippen molar-refractivity contribution in [2.75, 3.05) is 13.1 Å². The molecule has 0 aromatic rings. The predicted octanol–water partition coefficient (Wildman–Crippen LogP) is 2.46. The lowest BCUT2D eigenvalue weighted by Crippen LogP contribution is -2.50. The molecule has 104 valence electrons. The van der Waals surface area contributed by atoms with Gasteiger partial charge in [0.2, 0.25) is 5.91 Å². The largest absolute Gasteiger partial charge is 0.353 e. The molecular formula is C15H28N2O. The molecule has 2 aliphatic rings. The molecule has 3 nitrogen and oxygen atoms in total. The molecule has 2 rings (SSSR count). The molecule has 2 N–H and O–H groups in total. The lowest BCUT2D eigenvalue weighted by molar-refractivity contribution is -0.132. The van der Waals surface area contributed by atoms with Crippen molar-refractivity contribution in [3.8, 4) is 0 Å². The fraction of sp³-hybridized carbons (Fsp3) is 0.933. The Morgan fingerprint density at radius 3 is 2.56 bits per heavy atom. The summed E-state index contributed by atoms with van der Waals surface area (Å²) < 4.78 is 0. The van der Waals surface area contributed by atoms with Crippen molar-refractivity contribution in [1.29, 1.82) is 0 Å². The number of rotatable bonds is 2. The van der Waals surface area contributed by atoms with Gasteiger partial charge >= 0.3 is 0 Å². The zero-order valence-corrected chi connectivity index (χ0v) is 11.9. The molecule has 2 unspecified atom stereocenters. The van der Waals surface area contributed by atoms with Gasteiger partial charge in [-0.05, 0) is 44.7 Å². The maximum atomic E-state index is 12.5. The van der Waals surface area contributed by atoms with E-state index in [9.17, 15) is 4.79 Å². The van der Waals surface area contributed by atoms with Gasteiger partial charge in [0.15, 0.2) is 0 Å². The minimum absolute atomic E-state index is 0.142. The maximum absolute atomic E-state index is 12.5. The number of carbonyl (C=O) groups is 1. The third-order valence-electron chi connectivity index (χ3n) is 4.93. The smallest absolute Gasteiger partial charge is 0.226 e. The van der Waals surface area contributed by atoms with Gasteiger partial charge in [0, 0.05) is 11.5 Å². The minimum Gasteiger partial charge on any atom is -0.353 e. The second kappa shape index (κ2) is 6.05.